The van der Waals surface area contributed by atoms with Crippen LogP contribution >= 0.6 is 0 Å². The van der Waals surface area contributed by atoms with Crippen molar-refractivity contribution >= 4 is 23.8 Å². The minimum atomic E-state index is -0.796. The second kappa shape index (κ2) is 12.4. The molecule has 1 aliphatic carbocycles. The van der Waals surface area contributed by atoms with Gasteiger partial charge in [-0.05, 0) is 50.0 Å². The van der Waals surface area contributed by atoms with Crippen LogP contribution in [0, 0.1) is 23.7 Å². The van der Waals surface area contributed by atoms with Gasteiger partial charge in [-0.15, -0.1) is 0 Å². The zero-order valence-electron chi connectivity index (χ0n) is 19.2. The highest BCUT2D eigenvalue weighted by atomic mass is 16.5. The molecule has 1 aliphatic rings. The summed E-state index contributed by atoms with van der Waals surface area (Å²) in [6.07, 6.45) is 6.40. The molecule has 1 fully saturated rings. The number of allylic oxidation sites excluding steroid dienone is 1. The molecular formula is C24H36N4O4. The lowest BCUT2D eigenvalue weighted by Gasteiger charge is -2.30. The van der Waals surface area contributed by atoms with Gasteiger partial charge in [-0.25, -0.2) is 5.48 Å². The van der Waals surface area contributed by atoms with E-state index in [1.807, 2.05) is 56.3 Å². The lowest BCUT2D eigenvalue weighted by atomic mass is 9.82. The molecule has 0 saturated heterocycles. The van der Waals surface area contributed by atoms with Crippen LogP contribution in [0.15, 0.2) is 36.4 Å². The number of benzene rings is 1. The first kappa shape index (κ1) is 25.5. The predicted molar refractivity (Wildman–Crippen MR) is 123 cm³/mol. The minimum Gasteiger partial charge on any atom is -0.320 e. The van der Waals surface area contributed by atoms with Crippen molar-refractivity contribution in [3.05, 3.63) is 42.0 Å². The molecule has 3 atom stereocenters. The fourth-order valence-corrected chi connectivity index (χ4v) is 3.62. The van der Waals surface area contributed by atoms with E-state index in [1.54, 1.807) is 12.4 Å². The van der Waals surface area contributed by atoms with E-state index in [1.165, 1.54) is 5.01 Å². The predicted octanol–water partition coefficient (Wildman–Crippen LogP) is 2.49. The van der Waals surface area contributed by atoms with Crippen molar-refractivity contribution < 1.29 is 19.6 Å². The third-order valence-corrected chi connectivity index (χ3v) is 5.53. The van der Waals surface area contributed by atoms with Gasteiger partial charge in [0, 0.05) is 6.54 Å². The first-order valence-electron chi connectivity index (χ1n) is 11.3. The van der Waals surface area contributed by atoms with Crippen molar-refractivity contribution in [3.8, 4) is 0 Å². The number of carbonyl (C=O) groups excluding carboxylic acids is 3. The van der Waals surface area contributed by atoms with E-state index in [9.17, 15) is 19.6 Å². The third kappa shape index (κ3) is 8.09. The topological polar surface area (TPSA) is 125 Å². The SMILES string of the molecule is CC(C)C[C@@H](C(=O)NN(CC1CC1)C(=O)[C@@H](C)N)[C@H](C/C=C/c1ccccc1)C(=O)NO. The molecule has 0 unspecified atom stereocenters. The van der Waals surface area contributed by atoms with Crippen LogP contribution in [0.1, 0.15) is 52.0 Å². The number of hydrazine groups is 1. The zero-order chi connectivity index (χ0) is 23.7. The number of nitrogens with zero attached hydrogens (tertiary/aromatic N) is 1. The third-order valence-electron chi connectivity index (χ3n) is 5.53. The largest absolute Gasteiger partial charge is 0.320 e. The number of nitrogens with one attached hydrogen (secondary N) is 2. The van der Waals surface area contributed by atoms with E-state index >= 15 is 0 Å². The summed E-state index contributed by atoms with van der Waals surface area (Å²) in [6, 6.07) is 8.87. The van der Waals surface area contributed by atoms with Gasteiger partial charge in [0.05, 0.1) is 17.9 Å². The fourth-order valence-electron chi connectivity index (χ4n) is 3.62. The number of hydrogen-bond donors (Lipinski definition) is 4. The molecule has 32 heavy (non-hydrogen) atoms. The van der Waals surface area contributed by atoms with E-state index in [-0.39, 0.29) is 18.2 Å². The molecule has 8 heteroatoms. The molecule has 176 valence electrons. The first-order chi connectivity index (χ1) is 15.2. The Morgan fingerprint density at radius 3 is 2.31 bits per heavy atom. The molecule has 8 nitrogen and oxygen atoms in total. The van der Waals surface area contributed by atoms with Gasteiger partial charge in [-0.1, -0.05) is 56.3 Å². The fraction of sp³-hybridized carbons (Fsp3) is 0.542. The van der Waals surface area contributed by atoms with E-state index in [4.69, 9.17) is 5.73 Å². The Bertz CT molecular complexity index is 790. The van der Waals surface area contributed by atoms with Crippen molar-refractivity contribution in [1.82, 2.24) is 15.9 Å². The monoisotopic (exact) mass is 444 g/mol. The van der Waals surface area contributed by atoms with E-state index in [2.05, 4.69) is 5.43 Å². The van der Waals surface area contributed by atoms with Crippen LogP contribution in [-0.2, 0) is 14.4 Å². The van der Waals surface area contributed by atoms with Gasteiger partial charge in [0.1, 0.15) is 0 Å². The molecule has 0 aliphatic heterocycles. The summed E-state index contributed by atoms with van der Waals surface area (Å²) < 4.78 is 0. The molecule has 0 radical (unpaired) electrons. The summed E-state index contributed by atoms with van der Waals surface area (Å²) in [7, 11) is 0. The number of nitrogens with two attached hydrogens (primary N) is 1. The number of hydrogen-bond acceptors (Lipinski definition) is 5. The molecule has 1 saturated carbocycles. The summed E-state index contributed by atoms with van der Waals surface area (Å²) in [5.74, 6) is -2.46. The van der Waals surface area contributed by atoms with Crippen LogP contribution in [0.5, 0.6) is 0 Å². The second-order valence-electron chi connectivity index (χ2n) is 9.02. The molecule has 5 N–H and O–H groups in total. The first-order valence-corrected chi connectivity index (χ1v) is 11.3. The Balaban J connectivity index is 2.20. The average Bonchev–Trinajstić information content (AvgIpc) is 3.58. The maximum Gasteiger partial charge on any atom is 0.257 e. The van der Waals surface area contributed by atoms with Gasteiger partial charge in [0.25, 0.3) is 5.91 Å². The Morgan fingerprint density at radius 1 is 1.12 bits per heavy atom. The zero-order valence-corrected chi connectivity index (χ0v) is 19.2. The Labute approximate surface area is 190 Å². The van der Waals surface area contributed by atoms with Gasteiger partial charge in [-0.3, -0.25) is 30.0 Å². The Kier molecular flexibility index (Phi) is 9.87. The maximum absolute atomic E-state index is 13.3. The highest BCUT2D eigenvalue weighted by molar-refractivity contribution is 5.89. The van der Waals surface area contributed by atoms with Crippen LogP contribution in [0.2, 0.25) is 0 Å². The van der Waals surface area contributed by atoms with Gasteiger partial charge in [-0.2, -0.15) is 0 Å². The summed E-state index contributed by atoms with van der Waals surface area (Å²) in [6.45, 7) is 5.91. The number of amides is 3. The smallest absolute Gasteiger partial charge is 0.257 e. The average molecular weight is 445 g/mol. The highest BCUT2D eigenvalue weighted by Crippen LogP contribution is 2.30. The Hall–Kier alpha value is -2.71. The van der Waals surface area contributed by atoms with Crippen LogP contribution in [-0.4, -0.2) is 40.5 Å². The van der Waals surface area contributed by atoms with E-state index in [0.717, 1.165) is 18.4 Å². The second-order valence-corrected chi connectivity index (χ2v) is 9.02. The van der Waals surface area contributed by atoms with Crippen molar-refractivity contribution in [2.75, 3.05) is 6.54 Å². The van der Waals surface area contributed by atoms with Crippen LogP contribution in [0.3, 0.4) is 0 Å². The summed E-state index contributed by atoms with van der Waals surface area (Å²) in [5, 5.41) is 10.6. The molecule has 0 bridgehead atoms. The molecule has 2 rings (SSSR count). The van der Waals surface area contributed by atoms with E-state index < -0.39 is 29.7 Å². The Morgan fingerprint density at radius 2 is 1.78 bits per heavy atom. The molecule has 1 aromatic rings. The standard InChI is InChI=1S/C24H36N4O4/c1-16(2)14-21(22(29)26-28(15-19-12-13-19)24(31)17(3)25)20(23(30)27-32)11-7-10-18-8-5-4-6-9-18/h4-10,16-17,19-21,32H,11-15,25H2,1-3H3,(H,26,29)(H,27,30)/b10-7+/t17-,20+,21-/m1/s1. The summed E-state index contributed by atoms with van der Waals surface area (Å²) >= 11 is 0. The van der Waals surface area contributed by atoms with Crippen LogP contribution in [0.25, 0.3) is 6.08 Å². The molecule has 3 amide bonds. The lowest BCUT2D eigenvalue weighted by molar-refractivity contribution is -0.148. The van der Waals surface area contributed by atoms with Gasteiger partial charge < -0.3 is 5.73 Å². The molecular weight excluding hydrogens is 408 g/mol. The number of hydroxylamine groups is 1. The lowest BCUT2D eigenvalue weighted by Crippen LogP contribution is -2.55. The van der Waals surface area contributed by atoms with Crippen molar-refractivity contribution in [2.45, 2.75) is 52.5 Å². The van der Waals surface area contributed by atoms with Crippen LogP contribution in [0.4, 0.5) is 0 Å². The quantitative estimate of drug-likeness (QED) is 0.308. The van der Waals surface area contributed by atoms with Crippen LogP contribution < -0.4 is 16.6 Å². The molecule has 1 aromatic carbocycles. The molecule has 0 heterocycles. The summed E-state index contributed by atoms with van der Waals surface area (Å²) in [4.78, 5) is 38.3. The van der Waals surface area contributed by atoms with Crippen molar-refractivity contribution in [2.24, 2.45) is 29.4 Å². The minimum absolute atomic E-state index is 0.124. The molecule has 0 aromatic heterocycles. The van der Waals surface area contributed by atoms with Crippen molar-refractivity contribution in [3.63, 3.8) is 0 Å². The number of rotatable bonds is 11. The summed E-state index contributed by atoms with van der Waals surface area (Å²) in [5.41, 5.74) is 11.2. The van der Waals surface area contributed by atoms with Crippen molar-refractivity contribution in [1.29, 1.82) is 0 Å². The maximum atomic E-state index is 13.3. The highest BCUT2D eigenvalue weighted by Gasteiger charge is 2.36. The van der Waals surface area contributed by atoms with Gasteiger partial charge >= 0.3 is 0 Å². The van der Waals surface area contributed by atoms with Gasteiger partial charge in [0.15, 0.2) is 0 Å². The normalized spacial score (nSPS) is 16.4. The van der Waals surface area contributed by atoms with E-state index in [0.29, 0.717) is 18.9 Å². The number of carbonyl (C=O) groups is 3. The van der Waals surface area contributed by atoms with Gasteiger partial charge in [0.2, 0.25) is 11.8 Å². The molecule has 0 spiro atoms.